The summed E-state index contributed by atoms with van der Waals surface area (Å²) in [4.78, 5) is 19.3. The monoisotopic (exact) mass is 395 g/mol. The molecule has 0 spiro atoms. The first-order chi connectivity index (χ1) is 13.6. The van der Waals surface area contributed by atoms with Gasteiger partial charge >= 0.3 is 0 Å². The Morgan fingerprint density at radius 3 is 2.71 bits per heavy atom. The van der Waals surface area contributed by atoms with Crippen LogP contribution in [-0.2, 0) is 11.2 Å². The van der Waals surface area contributed by atoms with Crippen molar-refractivity contribution in [3.63, 3.8) is 0 Å². The molecule has 0 aliphatic carbocycles. The number of benzene rings is 2. The lowest BCUT2D eigenvalue weighted by molar-refractivity contribution is -0.115. The highest BCUT2D eigenvalue weighted by Gasteiger charge is 2.11. The van der Waals surface area contributed by atoms with Gasteiger partial charge in [0.15, 0.2) is 11.6 Å². The summed E-state index contributed by atoms with van der Waals surface area (Å²) >= 11 is 5.83. The summed E-state index contributed by atoms with van der Waals surface area (Å²) in [5.74, 6) is -0.280. The fraction of sp³-hybridized carbons (Fsp3) is 0.0476. The van der Waals surface area contributed by atoms with Crippen molar-refractivity contribution < 1.29 is 13.9 Å². The average Bonchev–Trinajstić information content (AvgIpc) is 3.15. The van der Waals surface area contributed by atoms with E-state index in [0.29, 0.717) is 22.1 Å². The molecule has 5 nitrogen and oxygen atoms in total. The Labute approximate surface area is 165 Å². The first-order valence-corrected chi connectivity index (χ1v) is 8.90. The van der Waals surface area contributed by atoms with Crippen molar-refractivity contribution in [2.75, 3.05) is 5.32 Å². The number of pyridine rings is 1. The summed E-state index contributed by atoms with van der Waals surface area (Å²) in [5, 5.41) is 4.04. The standard InChI is InChI=1S/C21H15ClFN3O2/c22-14-3-1-13(2-4-14)11-20(27)26-15-5-6-19(17(23)12-15)28-18-8-10-25-21-16(18)7-9-24-21/h1-10,12H,11H2,(H,24,25)(H,26,27). The van der Waals surface area contributed by atoms with E-state index in [-0.39, 0.29) is 18.1 Å². The third-order valence-corrected chi connectivity index (χ3v) is 4.39. The van der Waals surface area contributed by atoms with E-state index in [1.54, 1.807) is 54.9 Å². The van der Waals surface area contributed by atoms with E-state index in [9.17, 15) is 9.18 Å². The van der Waals surface area contributed by atoms with Crippen LogP contribution in [0.5, 0.6) is 11.5 Å². The summed E-state index contributed by atoms with van der Waals surface area (Å²) in [6.07, 6.45) is 3.48. The zero-order valence-corrected chi connectivity index (χ0v) is 15.3. The minimum absolute atomic E-state index is 0.0596. The first-order valence-electron chi connectivity index (χ1n) is 8.52. The Morgan fingerprint density at radius 1 is 1.11 bits per heavy atom. The van der Waals surface area contributed by atoms with Crippen LogP contribution in [0.25, 0.3) is 11.0 Å². The number of halogens is 2. The van der Waals surface area contributed by atoms with Gasteiger partial charge in [-0.05, 0) is 42.0 Å². The largest absolute Gasteiger partial charge is 0.453 e. The maximum absolute atomic E-state index is 14.5. The van der Waals surface area contributed by atoms with Crippen LogP contribution in [0.3, 0.4) is 0 Å². The Bertz CT molecular complexity index is 1140. The van der Waals surface area contributed by atoms with Crippen molar-refractivity contribution in [3.05, 3.63) is 83.4 Å². The van der Waals surface area contributed by atoms with Crippen LogP contribution in [0.2, 0.25) is 5.02 Å². The number of fused-ring (bicyclic) bond motifs is 1. The zero-order valence-electron chi connectivity index (χ0n) is 14.6. The van der Waals surface area contributed by atoms with Crippen LogP contribution < -0.4 is 10.1 Å². The lowest BCUT2D eigenvalue weighted by Crippen LogP contribution is -2.14. The van der Waals surface area contributed by atoms with Gasteiger partial charge < -0.3 is 15.0 Å². The van der Waals surface area contributed by atoms with Crippen LogP contribution in [0.15, 0.2) is 67.0 Å². The molecule has 2 heterocycles. The predicted molar refractivity (Wildman–Crippen MR) is 106 cm³/mol. The van der Waals surface area contributed by atoms with Crippen molar-refractivity contribution >= 4 is 34.2 Å². The Morgan fingerprint density at radius 2 is 1.93 bits per heavy atom. The number of anilines is 1. The SMILES string of the molecule is O=C(Cc1ccc(Cl)cc1)Nc1ccc(Oc2ccnc3[nH]ccc23)c(F)c1. The number of rotatable bonds is 5. The number of aromatic nitrogens is 2. The molecule has 2 aromatic carbocycles. The number of nitrogens with zero attached hydrogens (tertiary/aromatic N) is 1. The van der Waals surface area contributed by atoms with Crippen molar-refractivity contribution in [1.29, 1.82) is 0 Å². The van der Waals surface area contributed by atoms with E-state index in [2.05, 4.69) is 15.3 Å². The normalized spacial score (nSPS) is 10.8. The molecule has 4 aromatic rings. The molecule has 0 radical (unpaired) electrons. The second-order valence-corrected chi connectivity index (χ2v) is 6.58. The summed E-state index contributed by atoms with van der Waals surface area (Å²) in [7, 11) is 0. The molecule has 0 bridgehead atoms. The second-order valence-electron chi connectivity index (χ2n) is 6.15. The minimum Gasteiger partial charge on any atom is -0.453 e. The highest BCUT2D eigenvalue weighted by atomic mass is 35.5. The molecule has 7 heteroatoms. The maximum atomic E-state index is 14.5. The van der Waals surface area contributed by atoms with Crippen LogP contribution in [-0.4, -0.2) is 15.9 Å². The maximum Gasteiger partial charge on any atom is 0.228 e. The second kappa shape index (κ2) is 7.70. The van der Waals surface area contributed by atoms with E-state index in [4.69, 9.17) is 16.3 Å². The zero-order chi connectivity index (χ0) is 19.5. The van der Waals surface area contributed by atoms with Gasteiger partial charge in [-0.15, -0.1) is 0 Å². The van der Waals surface area contributed by atoms with Gasteiger partial charge in [0.1, 0.15) is 11.4 Å². The van der Waals surface area contributed by atoms with Gasteiger partial charge in [0.2, 0.25) is 5.91 Å². The van der Waals surface area contributed by atoms with Gasteiger partial charge in [-0.3, -0.25) is 4.79 Å². The average molecular weight is 396 g/mol. The topological polar surface area (TPSA) is 67.0 Å². The molecule has 28 heavy (non-hydrogen) atoms. The Kier molecular flexibility index (Phi) is 4.95. The number of H-pyrrole nitrogens is 1. The van der Waals surface area contributed by atoms with Crippen molar-refractivity contribution in [3.8, 4) is 11.5 Å². The number of hydrogen-bond acceptors (Lipinski definition) is 3. The van der Waals surface area contributed by atoms with E-state index in [0.717, 1.165) is 10.9 Å². The van der Waals surface area contributed by atoms with E-state index in [1.807, 2.05) is 0 Å². The van der Waals surface area contributed by atoms with Crippen molar-refractivity contribution in [1.82, 2.24) is 9.97 Å². The molecule has 1 amide bonds. The molecule has 4 rings (SSSR count). The summed E-state index contributed by atoms with van der Waals surface area (Å²) in [6, 6.07) is 14.8. The molecule has 0 saturated carbocycles. The predicted octanol–water partition coefficient (Wildman–Crippen LogP) is 5.33. The van der Waals surface area contributed by atoms with Gasteiger partial charge in [-0.25, -0.2) is 9.37 Å². The fourth-order valence-corrected chi connectivity index (χ4v) is 2.92. The van der Waals surface area contributed by atoms with E-state index in [1.165, 1.54) is 12.1 Å². The van der Waals surface area contributed by atoms with Gasteiger partial charge in [-0.2, -0.15) is 0 Å². The van der Waals surface area contributed by atoms with Crippen molar-refractivity contribution in [2.45, 2.75) is 6.42 Å². The van der Waals surface area contributed by atoms with Gasteiger partial charge in [0.25, 0.3) is 0 Å². The third kappa shape index (κ3) is 3.97. The number of ether oxygens (including phenoxy) is 1. The molecular weight excluding hydrogens is 381 g/mol. The number of amides is 1. The molecule has 140 valence electrons. The number of carbonyl (C=O) groups excluding carboxylic acids is 1. The number of carbonyl (C=O) groups is 1. The van der Waals surface area contributed by atoms with Gasteiger partial charge in [-0.1, -0.05) is 23.7 Å². The van der Waals surface area contributed by atoms with Gasteiger partial charge in [0.05, 0.1) is 11.8 Å². The molecule has 0 atom stereocenters. The van der Waals surface area contributed by atoms with E-state index < -0.39 is 5.82 Å². The quantitative estimate of drug-likeness (QED) is 0.480. The number of nitrogens with one attached hydrogen (secondary N) is 2. The molecule has 0 fully saturated rings. The molecule has 0 saturated heterocycles. The number of aromatic amines is 1. The van der Waals surface area contributed by atoms with Gasteiger partial charge in [0, 0.05) is 29.2 Å². The van der Waals surface area contributed by atoms with Crippen molar-refractivity contribution in [2.24, 2.45) is 0 Å². The highest BCUT2D eigenvalue weighted by Crippen LogP contribution is 2.31. The smallest absolute Gasteiger partial charge is 0.228 e. The molecule has 0 aliphatic heterocycles. The van der Waals surface area contributed by atoms with Crippen LogP contribution in [0, 0.1) is 5.82 Å². The minimum atomic E-state index is -0.579. The third-order valence-electron chi connectivity index (χ3n) is 4.13. The van der Waals surface area contributed by atoms with Crippen LogP contribution >= 0.6 is 11.6 Å². The van der Waals surface area contributed by atoms with E-state index >= 15 is 0 Å². The molecule has 2 aromatic heterocycles. The Balaban J connectivity index is 1.46. The molecule has 2 N–H and O–H groups in total. The summed E-state index contributed by atoms with van der Waals surface area (Å²) in [5.41, 5.74) is 1.82. The van der Waals surface area contributed by atoms with Crippen LogP contribution in [0.4, 0.5) is 10.1 Å². The lowest BCUT2D eigenvalue weighted by Gasteiger charge is -2.10. The summed E-state index contributed by atoms with van der Waals surface area (Å²) < 4.78 is 20.2. The highest BCUT2D eigenvalue weighted by molar-refractivity contribution is 6.30. The first kappa shape index (κ1) is 18.0. The molecule has 0 unspecified atom stereocenters. The lowest BCUT2D eigenvalue weighted by atomic mass is 10.1. The van der Waals surface area contributed by atoms with Crippen LogP contribution in [0.1, 0.15) is 5.56 Å². The number of hydrogen-bond donors (Lipinski definition) is 2. The fourth-order valence-electron chi connectivity index (χ4n) is 2.80. The Hall–Kier alpha value is -3.38. The summed E-state index contributed by atoms with van der Waals surface area (Å²) in [6.45, 7) is 0. The molecular formula is C21H15ClFN3O2. The molecule has 0 aliphatic rings.